The highest BCUT2D eigenvalue weighted by Gasteiger charge is 2.06. The normalized spacial score (nSPS) is 10.2. The van der Waals surface area contributed by atoms with Gasteiger partial charge in [0.15, 0.2) is 6.61 Å². The van der Waals surface area contributed by atoms with Crippen LogP contribution in [-0.2, 0) is 11.3 Å². The second-order valence-electron chi connectivity index (χ2n) is 4.33. The maximum atomic E-state index is 13.6. The van der Waals surface area contributed by atoms with Gasteiger partial charge in [-0.15, -0.1) is 0 Å². The van der Waals surface area contributed by atoms with E-state index in [1.165, 1.54) is 6.07 Å². The maximum Gasteiger partial charge on any atom is 0.255 e. The average Bonchev–Trinajstić information content (AvgIpc) is 2.46. The third-order valence-corrected chi connectivity index (χ3v) is 3.12. The smallest absolute Gasteiger partial charge is 0.255 e. The van der Waals surface area contributed by atoms with Crippen LogP contribution in [-0.4, -0.2) is 12.5 Å². The summed E-state index contributed by atoms with van der Waals surface area (Å²) in [6, 6.07) is 11.5. The highest BCUT2D eigenvalue weighted by Crippen LogP contribution is 2.21. The maximum absolute atomic E-state index is 13.6. The Kier molecular flexibility index (Phi) is 5.00. The van der Waals surface area contributed by atoms with Crippen molar-refractivity contribution in [1.29, 1.82) is 0 Å². The number of anilines is 1. The molecule has 0 bridgehead atoms. The molecule has 0 aromatic heterocycles. The molecule has 0 heterocycles. The van der Waals surface area contributed by atoms with E-state index in [1.54, 1.807) is 36.4 Å². The summed E-state index contributed by atoms with van der Waals surface area (Å²) in [5.74, 6) is -0.355. The quantitative estimate of drug-likeness (QED) is 0.862. The highest BCUT2D eigenvalue weighted by atomic mass is 35.5. The van der Waals surface area contributed by atoms with Gasteiger partial charge in [-0.1, -0.05) is 17.7 Å². The van der Waals surface area contributed by atoms with Gasteiger partial charge in [-0.05, 0) is 36.4 Å². The van der Waals surface area contributed by atoms with Crippen LogP contribution in [0, 0.1) is 5.82 Å². The summed E-state index contributed by atoms with van der Waals surface area (Å²) in [6.07, 6.45) is 0. The van der Waals surface area contributed by atoms with Gasteiger partial charge in [-0.3, -0.25) is 4.79 Å². The lowest BCUT2D eigenvalue weighted by Crippen LogP contribution is -2.19. The number of benzene rings is 2. The summed E-state index contributed by atoms with van der Waals surface area (Å²) in [7, 11) is 0. The molecule has 2 aromatic rings. The molecule has 0 radical (unpaired) electrons. The van der Waals surface area contributed by atoms with Crippen molar-refractivity contribution in [1.82, 2.24) is 0 Å². The van der Waals surface area contributed by atoms with E-state index in [2.05, 4.69) is 5.32 Å². The van der Waals surface area contributed by atoms with E-state index in [-0.39, 0.29) is 19.0 Å². The van der Waals surface area contributed by atoms with Gasteiger partial charge in [0.25, 0.3) is 5.91 Å². The molecule has 3 N–H and O–H groups in total. The number of amides is 1. The van der Waals surface area contributed by atoms with Gasteiger partial charge in [0.2, 0.25) is 0 Å². The number of hydrogen-bond acceptors (Lipinski definition) is 3. The topological polar surface area (TPSA) is 64.4 Å². The Labute approximate surface area is 126 Å². The zero-order chi connectivity index (χ0) is 15.2. The van der Waals surface area contributed by atoms with Gasteiger partial charge in [0.05, 0.1) is 0 Å². The number of carbonyl (C=O) groups excluding carboxylic acids is 1. The molecule has 0 atom stereocenters. The van der Waals surface area contributed by atoms with Crippen molar-refractivity contribution in [2.75, 3.05) is 11.9 Å². The predicted molar refractivity (Wildman–Crippen MR) is 79.9 cm³/mol. The number of nitrogens with one attached hydrogen (secondary N) is 1. The highest BCUT2D eigenvalue weighted by molar-refractivity contribution is 6.31. The Morgan fingerprint density at radius 3 is 2.57 bits per heavy atom. The molecule has 0 fully saturated rings. The van der Waals surface area contributed by atoms with Gasteiger partial charge in [0.1, 0.15) is 11.6 Å². The van der Waals surface area contributed by atoms with Crippen molar-refractivity contribution in [3.8, 4) is 5.75 Å². The third kappa shape index (κ3) is 4.36. The Bertz CT molecular complexity index is 612. The van der Waals surface area contributed by atoms with E-state index < -0.39 is 5.91 Å². The van der Waals surface area contributed by atoms with Crippen LogP contribution < -0.4 is 15.8 Å². The van der Waals surface area contributed by atoms with Crippen LogP contribution in [0.5, 0.6) is 5.75 Å². The number of rotatable bonds is 6. The number of ether oxygens (including phenoxy) is 1. The summed E-state index contributed by atoms with van der Waals surface area (Å²) < 4.78 is 18.7. The van der Waals surface area contributed by atoms with Crippen LogP contribution in [0.1, 0.15) is 5.56 Å². The molecule has 0 saturated heterocycles. The molecular weight excluding hydrogens is 295 g/mol. The lowest BCUT2D eigenvalue weighted by molar-refractivity contribution is -0.119. The summed E-state index contributed by atoms with van der Waals surface area (Å²) in [6.45, 7) is 0.102. The van der Waals surface area contributed by atoms with Crippen molar-refractivity contribution < 1.29 is 13.9 Å². The molecule has 0 aliphatic heterocycles. The fourth-order valence-corrected chi connectivity index (χ4v) is 1.94. The Morgan fingerprint density at radius 1 is 1.24 bits per heavy atom. The van der Waals surface area contributed by atoms with Crippen LogP contribution >= 0.6 is 11.6 Å². The largest absolute Gasteiger partial charge is 0.484 e. The number of primary amides is 1. The second kappa shape index (κ2) is 6.95. The van der Waals surface area contributed by atoms with Crippen LogP contribution in [0.4, 0.5) is 10.1 Å². The minimum atomic E-state index is -0.536. The fourth-order valence-electron chi connectivity index (χ4n) is 1.72. The summed E-state index contributed by atoms with van der Waals surface area (Å²) >= 11 is 5.95. The van der Waals surface area contributed by atoms with Crippen molar-refractivity contribution >= 4 is 23.2 Å². The van der Waals surface area contributed by atoms with Gasteiger partial charge >= 0.3 is 0 Å². The molecule has 2 rings (SSSR count). The fraction of sp³-hybridized carbons (Fsp3) is 0.133. The average molecular weight is 309 g/mol. The van der Waals surface area contributed by atoms with Gasteiger partial charge < -0.3 is 15.8 Å². The molecule has 6 heteroatoms. The van der Waals surface area contributed by atoms with E-state index in [1.807, 2.05) is 0 Å². The standard InChI is InChI=1S/C15H14ClFN2O2/c16-13-2-1-3-14(17)12(13)8-19-10-4-6-11(7-5-10)21-9-15(18)20/h1-7,19H,8-9H2,(H2,18,20). The number of nitrogens with two attached hydrogens (primary N) is 1. The van der Waals surface area contributed by atoms with Crippen LogP contribution in [0.15, 0.2) is 42.5 Å². The first-order valence-corrected chi connectivity index (χ1v) is 6.62. The van der Waals surface area contributed by atoms with Gasteiger partial charge in [-0.2, -0.15) is 0 Å². The minimum Gasteiger partial charge on any atom is -0.484 e. The molecule has 0 saturated carbocycles. The Hall–Kier alpha value is -2.27. The van der Waals surface area contributed by atoms with E-state index in [9.17, 15) is 9.18 Å². The lowest BCUT2D eigenvalue weighted by atomic mass is 10.2. The van der Waals surface area contributed by atoms with Crippen molar-refractivity contribution in [2.45, 2.75) is 6.54 Å². The van der Waals surface area contributed by atoms with E-state index >= 15 is 0 Å². The SMILES string of the molecule is NC(=O)COc1ccc(NCc2c(F)cccc2Cl)cc1. The van der Waals surface area contributed by atoms with E-state index in [0.29, 0.717) is 16.3 Å². The molecule has 0 spiro atoms. The molecule has 21 heavy (non-hydrogen) atoms. The predicted octanol–water partition coefficient (Wildman–Crippen LogP) is 2.96. The molecule has 2 aromatic carbocycles. The molecule has 0 aliphatic rings. The Balaban J connectivity index is 1.96. The molecule has 110 valence electrons. The molecule has 0 unspecified atom stereocenters. The summed E-state index contributed by atoms with van der Waals surface area (Å²) in [5, 5.41) is 3.44. The van der Waals surface area contributed by atoms with Gasteiger partial charge in [-0.25, -0.2) is 4.39 Å². The first-order chi connectivity index (χ1) is 10.1. The first-order valence-electron chi connectivity index (χ1n) is 6.24. The van der Waals surface area contributed by atoms with E-state index in [0.717, 1.165) is 5.69 Å². The second-order valence-corrected chi connectivity index (χ2v) is 4.74. The van der Waals surface area contributed by atoms with Crippen LogP contribution in [0.3, 0.4) is 0 Å². The molecule has 1 amide bonds. The van der Waals surface area contributed by atoms with Crippen molar-refractivity contribution in [2.24, 2.45) is 5.73 Å². The zero-order valence-corrected chi connectivity index (χ0v) is 11.9. The molecule has 4 nitrogen and oxygen atoms in total. The lowest BCUT2D eigenvalue weighted by Gasteiger charge is -2.10. The third-order valence-electron chi connectivity index (χ3n) is 2.77. The summed E-state index contributed by atoms with van der Waals surface area (Å²) in [5.41, 5.74) is 6.18. The monoisotopic (exact) mass is 308 g/mol. The number of hydrogen-bond donors (Lipinski definition) is 2. The molecule has 0 aliphatic carbocycles. The van der Waals surface area contributed by atoms with Crippen LogP contribution in [0.2, 0.25) is 5.02 Å². The van der Waals surface area contributed by atoms with Crippen LogP contribution in [0.25, 0.3) is 0 Å². The van der Waals surface area contributed by atoms with Crippen molar-refractivity contribution in [3.63, 3.8) is 0 Å². The number of carbonyl (C=O) groups is 1. The number of halogens is 2. The summed E-state index contributed by atoms with van der Waals surface area (Å²) in [4.78, 5) is 10.6. The van der Waals surface area contributed by atoms with Gasteiger partial charge in [0, 0.05) is 22.8 Å². The zero-order valence-electron chi connectivity index (χ0n) is 11.1. The van der Waals surface area contributed by atoms with Crippen molar-refractivity contribution in [3.05, 3.63) is 58.9 Å². The minimum absolute atomic E-state index is 0.169. The Morgan fingerprint density at radius 2 is 1.95 bits per heavy atom. The van der Waals surface area contributed by atoms with E-state index in [4.69, 9.17) is 22.1 Å². The first kappa shape index (κ1) is 15.1. The molecular formula is C15H14ClFN2O2.